The number of aliphatic hydroxyl groups is 2. The minimum absolute atomic E-state index is 0.272. The highest BCUT2D eigenvalue weighted by molar-refractivity contribution is 5.68. The molecule has 1 aliphatic heterocycles. The van der Waals surface area contributed by atoms with E-state index >= 15 is 0 Å². The first-order chi connectivity index (χ1) is 8.99. The van der Waals surface area contributed by atoms with Gasteiger partial charge >= 0.3 is 0 Å². The van der Waals surface area contributed by atoms with E-state index in [2.05, 4.69) is 15.0 Å². The van der Waals surface area contributed by atoms with Gasteiger partial charge in [-0.3, -0.25) is 4.57 Å². The number of ether oxygens (including phenoxy) is 1. The number of hydrogen-bond donors (Lipinski definition) is 2. The number of imidazole rings is 1. The summed E-state index contributed by atoms with van der Waals surface area (Å²) < 4.78 is 7.50. The second-order valence-electron chi connectivity index (χ2n) is 5.19. The second-order valence-corrected chi connectivity index (χ2v) is 5.19. The van der Waals surface area contributed by atoms with Crippen LogP contribution in [0, 0.1) is 0 Å². The molecular weight excluding hydrogens is 248 g/mol. The van der Waals surface area contributed by atoms with Crippen molar-refractivity contribution < 1.29 is 14.9 Å². The summed E-state index contributed by atoms with van der Waals surface area (Å²) in [7, 11) is 0. The SMILES string of the molecule is C[C@@H]1O[C@H](n2cnc3cncnc32)C[C@@](C)(O)[C@H]1O. The maximum absolute atomic E-state index is 10.3. The van der Waals surface area contributed by atoms with Gasteiger partial charge in [0.2, 0.25) is 0 Å². The topological polar surface area (TPSA) is 93.3 Å². The van der Waals surface area contributed by atoms with Gasteiger partial charge in [-0.1, -0.05) is 0 Å². The molecule has 0 radical (unpaired) electrons. The Labute approximate surface area is 109 Å². The number of rotatable bonds is 1. The normalized spacial score (nSPS) is 35.7. The quantitative estimate of drug-likeness (QED) is 0.766. The fraction of sp³-hybridized carbons (Fsp3) is 0.583. The molecular formula is C12H16N4O3. The summed E-state index contributed by atoms with van der Waals surface area (Å²) in [5.41, 5.74) is 0.121. The third-order valence-corrected chi connectivity index (χ3v) is 3.59. The number of aliphatic hydroxyl groups excluding tert-OH is 1. The Hall–Kier alpha value is -1.57. The van der Waals surface area contributed by atoms with Gasteiger partial charge in [-0.15, -0.1) is 0 Å². The highest BCUT2D eigenvalue weighted by Crippen LogP contribution is 2.35. The molecule has 4 atom stereocenters. The average Bonchev–Trinajstić information content (AvgIpc) is 2.79. The molecule has 0 aliphatic carbocycles. The molecule has 0 aromatic carbocycles. The van der Waals surface area contributed by atoms with Crippen LogP contribution in [0.4, 0.5) is 0 Å². The molecule has 3 heterocycles. The molecule has 7 heteroatoms. The van der Waals surface area contributed by atoms with Crippen molar-refractivity contribution in [1.29, 1.82) is 0 Å². The van der Waals surface area contributed by atoms with E-state index < -0.39 is 24.0 Å². The molecule has 2 aromatic rings. The predicted molar refractivity (Wildman–Crippen MR) is 66.2 cm³/mol. The van der Waals surface area contributed by atoms with E-state index in [0.717, 1.165) is 0 Å². The van der Waals surface area contributed by atoms with Crippen LogP contribution in [0.1, 0.15) is 26.5 Å². The minimum atomic E-state index is -1.20. The third-order valence-electron chi connectivity index (χ3n) is 3.59. The first-order valence-electron chi connectivity index (χ1n) is 6.17. The maximum atomic E-state index is 10.3. The summed E-state index contributed by atoms with van der Waals surface area (Å²) in [5.74, 6) is 0. The molecule has 7 nitrogen and oxygen atoms in total. The summed E-state index contributed by atoms with van der Waals surface area (Å²) in [6, 6.07) is 0. The van der Waals surface area contributed by atoms with E-state index in [1.54, 1.807) is 30.9 Å². The number of nitrogens with zero attached hydrogens (tertiary/aromatic N) is 4. The lowest BCUT2D eigenvalue weighted by atomic mass is 9.88. The van der Waals surface area contributed by atoms with Crippen LogP contribution < -0.4 is 0 Å². The lowest BCUT2D eigenvalue weighted by Gasteiger charge is -2.42. The van der Waals surface area contributed by atoms with Crippen LogP contribution in [0.3, 0.4) is 0 Å². The summed E-state index contributed by atoms with van der Waals surface area (Å²) in [4.78, 5) is 12.3. The molecule has 0 amide bonds. The Morgan fingerprint density at radius 3 is 3.00 bits per heavy atom. The van der Waals surface area contributed by atoms with E-state index in [0.29, 0.717) is 11.2 Å². The van der Waals surface area contributed by atoms with Gasteiger partial charge in [-0.25, -0.2) is 15.0 Å². The van der Waals surface area contributed by atoms with E-state index in [-0.39, 0.29) is 6.42 Å². The fourth-order valence-electron chi connectivity index (χ4n) is 2.51. The van der Waals surface area contributed by atoms with Crippen LogP contribution in [-0.2, 0) is 4.74 Å². The maximum Gasteiger partial charge on any atom is 0.165 e. The lowest BCUT2D eigenvalue weighted by molar-refractivity contribution is -0.222. The van der Waals surface area contributed by atoms with E-state index in [1.807, 2.05) is 0 Å². The Morgan fingerprint density at radius 1 is 1.47 bits per heavy atom. The summed E-state index contributed by atoms with van der Waals surface area (Å²) in [5, 5.41) is 20.2. The molecule has 0 bridgehead atoms. The van der Waals surface area contributed by atoms with Crippen molar-refractivity contribution in [1.82, 2.24) is 19.5 Å². The molecule has 2 N–H and O–H groups in total. The van der Waals surface area contributed by atoms with Crippen LogP contribution in [0.25, 0.3) is 11.2 Å². The van der Waals surface area contributed by atoms with Crippen molar-refractivity contribution in [2.75, 3.05) is 0 Å². The highest BCUT2D eigenvalue weighted by atomic mass is 16.5. The van der Waals surface area contributed by atoms with Gasteiger partial charge in [0.15, 0.2) is 5.65 Å². The van der Waals surface area contributed by atoms with Crippen molar-refractivity contribution in [3.63, 3.8) is 0 Å². The molecule has 1 aliphatic rings. The fourth-order valence-corrected chi connectivity index (χ4v) is 2.51. The molecule has 0 spiro atoms. The summed E-state index contributed by atoms with van der Waals surface area (Å²) in [6.45, 7) is 3.34. The smallest absolute Gasteiger partial charge is 0.165 e. The number of hydrogen-bond acceptors (Lipinski definition) is 6. The molecule has 3 rings (SSSR count). The zero-order valence-electron chi connectivity index (χ0n) is 10.8. The molecule has 0 unspecified atom stereocenters. The predicted octanol–water partition coefficient (Wildman–Crippen LogP) is 0.246. The van der Waals surface area contributed by atoms with E-state index in [4.69, 9.17) is 4.74 Å². The molecule has 102 valence electrons. The van der Waals surface area contributed by atoms with E-state index in [9.17, 15) is 10.2 Å². The Bertz CT molecular complexity index is 597. The minimum Gasteiger partial charge on any atom is -0.387 e. The molecule has 19 heavy (non-hydrogen) atoms. The molecule has 1 saturated heterocycles. The Morgan fingerprint density at radius 2 is 2.26 bits per heavy atom. The average molecular weight is 264 g/mol. The van der Waals surface area contributed by atoms with Crippen LogP contribution in [0.15, 0.2) is 18.9 Å². The van der Waals surface area contributed by atoms with Gasteiger partial charge in [-0.05, 0) is 13.8 Å². The van der Waals surface area contributed by atoms with Crippen LogP contribution >= 0.6 is 0 Å². The largest absolute Gasteiger partial charge is 0.387 e. The third kappa shape index (κ3) is 1.99. The monoisotopic (exact) mass is 264 g/mol. The Kier molecular flexibility index (Phi) is 2.77. The van der Waals surface area contributed by atoms with Crippen LogP contribution in [-0.4, -0.2) is 47.5 Å². The highest BCUT2D eigenvalue weighted by Gasteiger charge is 2.43. The first-order valence-corrected chi connectivity index (χ1v) is 6.17. The van der Waals surface area contributed by atoms with Gasteiger partial charge in [-0.2, -0.15) is 0 Å². The number of aromatic nitrogens is 4. The van der Waals surface area contributed by atoms with Crippen LogP contribution in [0.5, 0.6) is 0 Å². The van der Waals surface area contributed by atoms with E-state index in [1.165, 1.54) is 6.33 Å². The number of fused-ring (bicyclic) bond motifs is 1. The van der Waals surface area contributed by atoms with Gasteiger partial charge in [0.25, 0.3) is 0 Å². The van der Waals surface area contributed by atoms with Gasteiger partial charge in [0.05, 0.1) is 24.2 Å². The van der Waals surface area contributed by atoms with Crippen molar-refractivity contribution in [3.8, 4) is 0 Å². The van der Waals surface area contributed by atoms with Crippen molar-refractivity contribution >= 4 is 11.2 Å². The van der Waals surface area contributed by atoms with Crippen molar-refractivity contribution in [3.05, 3.63) is 18.9 Å². The van der Waals surface area contributed by atoms with Gasteiger partial charge in [0, 0.05) is 6.42 Å². The van der Waals surface area contributed by atoms with Crippen LogP contribution in [0.2, 0.25) is 0 Å². The lowest BCUT2D eigenvalue weighted by Crippen LogP contribution is -2.53. The Balaban J connectivity index is 1.98. The van der Waals surface area contributed by atoms with Crippen molar-refractivity contribution in [2.24, 2.45) is 0 Å². The van der Waals surface area contributed by atoms with Crippen molar-refractivity contribution in [2.45, 2.75) is 44.3 Å². The summed E-state index contributed by atoms with van der Waals surface area (Å²) >= 11 is 0. The zero-order valence-corrected chi connectivity index (χ0v) is 10.8. The van der Waals surface area contributed by atoms with Gasteiger partial charge < -0.3 is 14.9 Å². The standard InChI is InChI=1S/C12H16N4O3/c1-7-10(17)12(2,18)3-9(19-7)16-6-15-8-4-13-5-14-11(8)16/h4-7,9-10,17-18H,3H2,1-2H3/t7-,9-,10-,12+/m0/s1. The van der Waals surface area contributed by atoms with Gasteiger partial charge in [0.1, 0.15) is 24.2 Å². The molecule has 1 fully saturated rings. The first kappa shape index (κ1) is 12.5. The zero-order chi connectivity index (χ0) is 13.6. The molecule has 2 aromatic heterocycles. The second kappa shape index (κ2) is 4.22. The summed E-state index contributed by atoms with van der Waals surface area (Å²) in [6.07, 6.45) is 3.17. The molecule has 0 saturated carbocycles.